The molecular weight excluding hydrogens is 310 g/mol. The highest BCUT2D eigenvalue weighted by molar-refractivity contribution is 5.97. The number of methoxy groups -OCH3 is 1. The van der Waals surface area contributed by atoms with Crippen molar-refractivity contribution in [3.63, 3.8) is 0 Å². The molecule has 0 saturated carbocycles. The molecule has 2 aliphatic rings. The van der Waals surface area contributed by atoms with Crippen LogP contribution < -0.4 is 15.4 Å². The number of hydrogen-bond donors (Lipinski definition) is 2. The van der Waals surface area contributed by atoms with Gasteiger partial charge in [-0.05, 0) is 73.3 Å². The van der Waals surface area contributed by atoms with Crippen LogP contribution in [0.25, 0.3) is 11.1 Å². The molecule has 2 N–H and O–H groups in total. The van der Waals surface area contributed by atoms with Crippen molar-refractivity contribution in [1.29, 1.82) is 0 Å². The van der Waals surface area contributed by atoms with E-state index in [4.69, 9.17) is 4.74 Å². The molecule has 0 bridgehead atoms. The van der Waals surface area contributed by atoms with Crippen LogP contribution in [-0.2, 0) is 6.42 Å². The summed E-state index contributed by atoms with van der Waals surface area (Å²) < 4.78 is 5.73. The largest absolute Gasteiger partial charge is 0.496 e. The lowest BCUT2D eigenvalue weighted by molar-refractivity contribution is 0.413. The molecule has 0 spiro atoms. The average Bonchev–Trinajstić information content (AvgIpc) is 2.99. The number of ether oxygens (including phenoxy) is 1. The zero-order valence-electron chi connectivity index (χ0n) is 14.9. The lowest BCUT2D eigenvalue weighted by Gasteiger charge is -2.25. The predicted molar refractivity (Wildman–Crippen MR) is 103 cm³/mol. The summed E-state index contributed by atoms with van der Waals surface area (Å²) in [6, 6.07) is 9.16. The molecule has 25 heavy (non-hydrogen) atoms. The van der Waals surface area contributed by atoms with Crippen molar-refractivity contribution in [1.82, 2.24) is 10.3 Å². The first-order valence-electron chi connectivity index (χ1n) is 9.05. The van der Waals surface area contributed by atoms with Gasteiger partial charge in [-0.3, -0.25) is 4.98 Å². The van der Waals surface area contributed by atoms with Crippen molar-refractivity contribution in [2.75, 3.05) is 25.5 Å². The van der Waals surface area contributed by atoms with Gasteiger partial charge in [-0.2, -0.15) is 0 Å². The predicted octanol–water partition coefficient (Wildman–Crippen LogP) is 3.74. The number of piperidine rings is 1. The van der Waals surface area contributed by atoms with E-state index in [0.717, 1.165) is 43.8 Å². The first kappa shape index (κ1) is 16.2. The van der Waals surface area contributed by atoms with Crippen LogP contribution in [0.15, 0.2) is 36.7 Å². The van der Waals surface area contributed by atoms with E-state index < -0.39 is 0 Å². The number of hydrogen-bond acceptors (Lipinski definition) is 4. The number of pyridine rings is 1. The molecule has 2 heterocycles. The highest BCUT2D eigenvalue weighted by Crippen LogP contribution is 2.41. The van der Waals surface area contributed by atoms with Gasteiger partial charge in [0.1, 0.15) is 5.75 Å². The first-order valence-corrected chi connectivity index (χ1v) is 9.05. The Hall–Kier alpha value is -2.33. The number of benzene rings is 1. The van der Waals surface area contributed by atoms with Crippen LogP contribution in [0.2, 0.25) is 0 Å². The van der Waals surface area contributed by atoms with Crippen molar-refractivity contribution >= 4 is 16.8 Å². The molecule has 0 radical (unpaired) electrons. The smallest absolute Gasteiger partial charge is 0.128 e. The molecule has 1 aromatic carbocycles. The lowest BCUT2D eigenvalue weighted by Crippen LogP contribution is -2.35. The molecule has 0 unspecified atom stereocenters. The Morgan fingerprint density at radius 3 is 2.76 bits per heavy atom. The highest BCUT2D eigenvalue weighted by atomic mass is 16.5. The summed E-state index contributed by atoms with van der Waals surface area (Å²) in [5.74, 6) is 0.939. The Morgan fingerprint density at radius 2 is 2.00 bits per heavy atom. The maximum atomic E-state index is 5.73. The summed E-state index contributed by atoms with van der Waals surface area (Å²) in [4.78, 5) is 4.27. The molecule has 130 valence electrons. The van der Waals surface area contributed by atoms with Crippen LogP contribution in [-0.4, -0.2) is 31.2 Å². The SMILES string of the molecule is COc1cc(NC2CCNCC2)ccc1C1=C(C)c2ccncc2C1. The Labute approximate surface area is 149 Å². The third kappa shape index (κ3) is 3.14. The minimum Gasteiger partial charge on any atom is -0.496 e. The van der Waals surface area contributed by atoms with Gasteiger partial charge in [-0.1, -0.05) is 0 Å². The van der Waals surface area contributed by atoms with E-state index in [2.05, 4.69) is 46.8 Å². The lowest BCUT2D eigenvalue weighted by atomic mass is 9.99. The zero-order chi connectivity index (χ0) is 17.2. The molecule has 4 nitrogen and oxygen atoms in total. The number of nitrogens with zero attached hydrogens (tertiary/aromatic N) is 1. The first-order chi connectivity index (χ1) is 12.3. The van der Waals surface area contributed by atoms with Gasteiger partial charge in [0.05, 0.1) is 7.11 Å². The number of nitrogens with one attached hydrogen (secondary N) is 2. The minimum absolute atomic E-state index is 0.541. The fraction of sp³-hybridized carbons (Fsp3) is 0.381. The van der Waals surface area contributed by atoms with E-state index in [0.29, 0.717) is 6.04 Å². The van der Waals surface area contributed by atoms with Crippen LogP contribution in [0.1, 0.15) is 36.5 Å². The Morgan fingerprint density at radius 1 is 1.16 bits per heavy atom. The monoisotopic (exact) mass is 335 g/mol. The third-order valence-electron chi connectivity index (χ3n) is 5.36. The quantitative estimate of drug-likeness (QED) is 0.893. The summed E-state index contributed by atoms with van der Waals surface area (Å²) in [7, 11) is 1.76. The number of aromatic nitrogens is 1. The molecule has 4 rings (SSSR count). The maximum Gasteiger partial charge on any atom is 0.128 e. The third-order valence-corrected chi connectivity index (χ3v) is 5.36. The second-order valence-corrected chi connectivity index (χ2v) is 6.90. The van der Waals surface area contributed by atoms with Crippen molar-refractivity contribution in [3.05, 3.63) is 53.3 Å². The molecule has 1 aromatic heterocycles. The Kier molecular flexibility index (Phi) is 4.45. The van der Waals surface area contributed by atoms with Crippen LogP contribution in [0.5, 0.6) is 5.75 Å². The van der Waals surface area contributed by atoms with Gasteiger partial charge < -0.3 is 15.4 Å². The van der Waals surface area contributed by atoms with E-state index in [1.54, 1.807) is 7.11 Å². The second kappa shape index (κ2) is 6.89. The van der Waals surface area contributed by atoms with Crippen LogP contribution >= 0.6 is 0 Å². The number of anilines is 1. The minimum atomic E-state index is 0.541. The van der Waals surface area contributed by atoms with Gasteiger partial charge >= 0.3 is 0 Å². The van der Waals surface area contributed by atoms with Crippen molar-refractivity contribution in [2.24, 2.45) is 0 Å². The standard InChI is InChI=1S/C21H25N3O/c1-14-18-7-10-23-13-15(18)11-20(14)19-4-3-17(12-21(19)25-2)24-16-5-8-22-9-6-16/h3-4,7,10,12-13,16,22,24H,5-6,8-9,11H2,1-2H3. The topological polar surface area (TPSA) is 46.2 Å². The fourth-order valence-corrected chi connectivity index (χ4v) is 3.95. The number of allylic oxidation sites excluding steroid dienone is 2. The van der Waals surface area contributed by atoms with E-state index in [9.17, 15) is 0 Å². The molecule has 0 atom stereocenters. The van der Waals surface area contributed by atoms with Crippen molar-refractivity contribution in [3.8, 4) is 5.75 Å². The molecule has 4 heteroatoms. The van der Waals surface area contributed by atoms with Crippen LogP contribution in [0.4, 0.5) is 5.69 Å². The highest BCUT2D eigenvalue weighted by Gasteiger charge is 2.22. The zero-order valence-corrected chi connectivity index (χ0v) is 14.9. The average molecular weight is 335 g/mol. The number of fused-ring (bicyclic) bond motifs is 1. The van der Waals surface area contributed by atoms with E-state index in [1.165, 1.54) is 27.8 Å². The van der Waals surface area contributed by atoms with E-state index in [1.807, 2.05) is 12.4 Å². The van der Waals surface area contributed by atoms with Crippen molar-refractivity contribution in [2.45, 2.75) is 32.2 Å². The Balaban J connectivity index is 1.62. The summed E-state index contributed by atoms with van der Waals surface area (Å²) in [6.07, 6.45) is 7.10. The molecule has 0 amide bonds. The molecular formula is C21H25N3O. The van der Waals surface area contributed by atoms with Gasteiger partial charge in [-0.15, -0.1) is 0 Å². The van der Waals surface area contributed by atoms with E-state index >= 15 is 0 Å². The van der Waals surface area contributed by atoms with Gasteiger partial charge in [0.15, 0.2) is 0 Å². The fourth-order valence-electron chi connectivity index (χ4n) is 3.95. The normalized spacial score (nSPS) is 17.5. The van der Waals surface area contributed by atoms with Gasteiger partial charge in [0, 0.05) is 42.2 Å². The summed E-state index contributed by atoms with van der Waals surface area (Å²) in [6.45, 7) is 4.37. The van der Waals surface area contributed by atoms with Gasteiger partial charge in [0.2, 0.25) is 0 Å². The summed E-state index contributed by atoms with van der Waals surface area (Å²) in [5.41, 5.74) is 7.61. The van der Waals surface area contributed by atoms with Crippen molar-refractivity contribution < 1.29 is 4.74 Å². The van der Waals surface area contributed by atoms with Crippen LogP contribution in [0, 0.1) is 0 Å². The molecule has 1 aliphatic heterocycles. The van der Waals surface area contributed by atoms with Crippen LogP contribution in [0.3, 0.4) is 0 Å². The molecule has 1 saturated heterocycles. The molecule has 2 aromatic rings. The molecule has 1 aliphatic carbocycles. The van der Waals surface area contributed by atoms with E-state index in [-0.39, 0.29) is 0 Å². The number of rotatable bonds is 4. The second-order valence-electron chi connectivity index (χ2n) is 6.90. The van der Waals surface area contributed by atoms with Gasteiger partial charge in [-0.25, -0.2) is 0 Å². The molecule has 1 fully saturated rings. The van der Waals surface area contributed by atoms with Gasteiger partial charge in [0.25, 0.3) is 0 Å². The Bertz CT molecular complexity index is 807. The maximum absolute atomic E-state index is 5.73. The summed E-state index contributed by atoms with van der Waals surface area (Å²) >= 11 is 0. The summed E-state index contributed by atoms with van der Waals surface area (Å²) in [5, 5.41) is 7.06.